The molecule has 3 saturated heterocycles. The van der Waals surface area contributed by atoms with E-state index in [1.807, 2.05) is 0 Å². The van der Waals surface area contributed by atoms with Crippen LogP contribution in [-0.4, -0.2) is 86.1 Å². The maximum Gasteiger partial charge on any atom is 0.236 e. The van der Waals surface area contributed by atoms with Crippen molar-refractivity contribution < 1.29 is 4.79 Å². The molecule has 23 heavy (non-hydrogen) atoms. The van der Waals surface area contributed by atoms with Gasteiger partial charge < -0.3 is 15.1 Å². The molecule has 7 heteroatoms. The molecule has 3 fully saturated rings. The normalized spacial score (nSPS) is 25.0. The molecule has 3 rings (SSSR count). The molecule has 1 N–H and O–H groups in total. The maximum atomic E-state index is 12.5. The van der Waals surface area contributed by atoms with E-state index in [4.69, 9.17) is 0 Å². The Morgan fingerprint density at radius 1 is 0.957 bits per heavy atom. The summed E-state index contributed by atoms with van der Waals surface area (Å²) in [5, 5.41) is 3.49. The molecule has 136 valence electrons. The first-order valence-corrected chi connectivity index (χ1v) is 8.64. The third-order valence-electron chi connectivity index (χ3n) is 5.78. The van der Waals surface area contributed by atoms with E-state index in [2.05, 4.69) is 26.9 Å². The van der Waals surface area contributed by atoms with Gasteiger partial charge in [-0.05, 0) is 37.8 Å². The van der Waals surface area contributed by atoms with Gasteiger partial charge in [-0.3, -0.25) is 9.69 Å². The standard InChI is InChI=1S/C16H30N4O.2ClH/c1-2-18-9-11-19(12-10-18)13-15(21)20-7-4-16(5-8-20)3-6-17-14-16;;/h17H,2-14H2,1H3;2*1H. The van der Waals surface area contributed by atoms with Crippen molar-refractivity contribution in [3.05, 3.63) is 0 Å². The third-order valence-corrected chi connectivity index (χ3v) is 5.78. The summed E-state index contributed by atoms with van der Waals surface area (Å²) in [4.78, 5) is 19.4. The second kappa shape index (κ2) is 9.42. The van der Waals surface area contributed by atoms with Gasteiger partial charge in [-0.15, -0.1) is 24.8 Å². The highest BCUT2D eigenvalue weighted by molar-refractivity contribution is 5.85. The zero-order chi connectivity index (χ0) is 14.7. The minimum Gasteiger partial charge on any atom is -0.342 e. The van der Waals surface area contributed by atoms with E-state index in [1.54, 1.807) is 0 Å². The van der Waals surface area contributed by atoms with E-state index in [1.165, 1.54) is 19.3 Å². The largest absolute Gasteiger partial charge is 0.342 e. The molecule has 1 spiro atoms. The second-order valence-corrected chi connectivity index (χ2v) is 7.02. The zero-order valence-electron chi connectivity index (χ0n) is 14.3. The van der Waals surface area contributed by atoms with Crippen LogP contribution in [0.15, 0.2) is 0 Å². The van der Waals surface area contributed by atoms with E-state index in [9.17, 15) is 4.79 Å². The fourth-order valence-electron chi connectivity index (χ4n) is 4.01. The number of carbonyl (C=O) groups is 1. The zero-order valence-corrected chi connectivity index (χ0v) is 15.9. The minimum absolute atomic E-state index is 0. The molecule has 5 nitrogen and oxygen atoms in total. The lowest BCUT2D eigenvalue weighted by Crippen LogP contribution is -2.51. The molecule has 0 aliphatic carbocycles. The number of likely N-dealkylation sites (tertiary alicyclic amines) is 1. The van der Waals surface area contributed by atoms with Gasteiger partial charge >= 0.3 is 0 Å². The average Bonchev–Trinajstić information content (AvgIpc) is 2.97. The first-order valence-electron chi connectivity index (χ1n) is 8.64. The highest BCUT2D eigenvalue weighted by Gasteiger charge is 2.38. The lowest BCUT2D eigenvalue weighted by molar-refractivity contribution is -0.135. The first kappa shape index (κ1) is 21.0. The van der Waals surface area contributed by atoms with Gasteiger partial charge in [-0.25, -0.2) is 0 Å². The molecule has 0 aromatic rings. The van der Waals surface area contributed by atoms with Crippen molar-refractivity contribution in [3.63, 3.8) is 0 Å². The van der Waals surface area contributed by atoms with Gasteiger partial charge in [-0.1, -0.05) is 6.92 Å². The molecular weight excluding hydrogens is 335 g/mol. The SMILES string of the molecule is CCN1CCN(CC(=O)N2CCC3(CCNC3)CC2)CC1.Cl.Cl. The number of hydrogen-bond acceptors (Lipinski definition) is 4. The Hall–Kier alpha value is -0.0700. The highest BCUT2D eigenvalue weighted by atomic mass is 35.5. The number of nitrogens with one attached hydrogen (secondary N) is 1. The minimum atomic E-state index is 0. The number of carbonyl (C=O) groups excluding carboxylic acids is 1. The molecule has 3 heterocycles. The molecule has 0 radical (unpaired) electrons. The van der Waals surface area contributed by atoms with Crippen LogP contribution in [0.4, 0.5) is 0 Å². The van der Waals surface area contributed by atoms with Gasteiger partial charge in [0.25, 0.3) is 0 Å². The summed E-state index contributed by atoms with van der Waals surface area (Å²) >= 11 is 0. The van der Waals surface area contributed by atoms with Crippen molar-refractivity contribution in [3.8, 4) is 0 Å². The Labute approximate surface area is 152 Å². The van der Waals surface area contributed by atoms with Crippen LogP contribution in [0.5, 0.6) is 0 Å². The molecule has 1 amide bonds. The summed E-state index contributed by atoms with van der Waals surface area (Å²) in [6, 6.07) is 0. The number of hydrogen-bond donors (Lipinski definition) is 1. The van der Waals surface area contributed by atoms with Crippen molar-refractivity contribution in [2.75, 3.05) is 65.4 Å². The highest BCUT2D eigenvalue weighted by Crippen LogP contribution is 2.36. The van der Waals surface area contributed by atoms with Gasteiger partial charge in [-0.2, -0.15) is 0 Å². The van der Waals surface area contributed by atoms with Crippen molar-refractivity contribution in [2.24, 2.45) is 5.41 Å². The van der Waals surface area contributed by atoms with Crippen LogP contribution < -0.4 is 5.32 Å². The summed E-state index contributed by atoms with van der Waals surface area (Å²) < 4.78 is 0. The number of piperidine rings is 1. The quantitative estimate of drug-likeness (QED) is 0.810. The average molecular weight is 367 g/mol. The first-order chi connectivity index (χ1) is 10.2. The molecule has 3 aliphatic rings. The Bertz CT molecular complexity index is 359. The van der Waals surface area contributed by atoms with Crippen LogP contribution in [0.25, 0.3) is 0 Å². The molecule has 0 unspecified atom stereocenters. The van der Waals surface area contributed by atoms with Gasteiger partial charge in [0.2, 0.25) is 5.91 Å². The molecule has 0 saturated carbocycles. The second-order valence-electron chi connectivity index (χ2n) is 7.02. The van der Waals surface area contributed by atoms with E-state index in [0.29, 0.717) is 17.9 Å². The maximum absolute atomic E-state index is 12.5. The number of halogens is 2. The molecule has 3 aliphatic heterocycles. The Balaban J connectivity index is 0.00000132. The third kappa shape index (κ3) is 5.20. The number of likely N-dealkylation sites (N-methyl/N-ethyl adjacent to an activating group) is 1. The van der Waals surface area contributed by atoms with Crippen molar-refractivity contribution in [2.45, 2.75) is 26.2 Å². The van der Waals surface area contributed by atoms with Crippen LogP contribution in [0, 0.1) is 5.41 Å². The Kier molecular flexibility index (Phi) is 8.59. The fourth-order valence-corrected chi connectivity index (χ4v) is 4.01. The number of nitrogens with zero attached hydrogens (tertiary/aromatic N) is 3. The van der Waals surface area contributed by atoms with Crippen LogP contribution in [0.1, 0.15) is 26.2 Å². The molecule has 0 aromatic heterocycles. The van der Waals surface area contributed by atoms with Gasteiger partial charge in [0.05, 0.1) is 6.54 Å². The Morgan fingerprint density at radius 2 is 1.57 bits per heavy atom. The topological polar surface area (TPSA) is 38.8 Å². The predicted molar refractivity (Wildman–Crippen MR) is 98.8 cm³/mol. The summed E-state index contributed by atoms with van der Waals surface area (Å²) in [6.45, 7) is 12.5. The summed E-state index contributed by atoms with van der Waals surface area (Å²) in [7, 11) is 0. The molecule has 0 bridgehead atoms. The number of rotatable bonds is 3. The summed E-state index contributed by atoms with van der Waals surface area (Å²) in [5.41, 5.74) is 0.504. The van der Waals surface area contributed by atoms with Gasteiger partial charge in [0, 0.05) is 45.8 Å². The van der Waals surface area contributed by atoms with Crippen LogP contribution >= 0.6 is 24.8 Å². The van der Waals surface area contributed by atoms with Crippen molar-refractivity contribution in [1.29, 1.82) is 0 Å². The van der Waals surface area contributed by atoms with E-state index >= 15 is 0 Å². The number of amides is 1. The van der Waals surface area contributed by atoms with Crippen molar-refractivity contribution in [1.82, 2.24) is 20.0 Å². The fraction of sp³-hybridized carbons (Fsp3) is 0.938. The van der Waals surface area contributed by atoms with Gasteiger partial charge in [0.1, 0.15) is 0 Å². The summed E-state index contributed by atoms with van der Waals surface area (Å²) in [5.74, 6) is 0.348. The summed E-state index contributed by atoms with van der Waals surface area (Å²) in [6.07, 6.45) is 3.68. The van der Waals surface area contributed by atoms with Crippen LogP contribution in [0.2, 0.25) is 0 Å². The molecule has 0 atom stereocenters. The van der Waals surface area contributed by atoms with Crippen LogP contribution in [-0.2, 0) is 4.79 Å². The van der Waals surface area contributed by atoms with Crippen LogP contribution in [0.3, 0.4) is 0 Å². The lowest BCUT2D eigenvalue weighted by Gasteiger charge is -2.40. The van der Waals surface area contributed by atoms with Crippen molar-refractivity contribution >= 4 is 30.7 Å². The van der Waals surface area contributed by atoms with E-state index in [0.717, 1.165) is 58.9 Å². The Morgan fingerprint density at radius 3 is 2.09 bits per heavy atom. The molecule has 0 aromatic carbocycles. The van der Waals surface area contributed by atoms with E-state index < -0.39 is 0 Å². The lowest BCUT2D eigenvalue weighted by atomic mass is 9.78. The number of piperazine rings is 1. The predicted octanol–water partition coefficient (Wildman–Crippen LogP) is 1.07. The van der Waals surface area contributed by atoms with Gasteiger partial charge in [0.15, 0.2) is 0 Å². The van der Waals surface area contributed by atoms with E-state index in [-0.39, 0.29) is 24.8 Å². The monoisotopic (exact) mass is 366 g/mol. The molecular formula is C16H32Cl2N4O. The smallest absolute Gasteiger partial charge is 0.236 e.